The van der Waals surface area contributed by atoms with Gasteiger partial charge >= 0.3 is 0 Å². The number of nitrogens with one attached hydrogen (secondary N) is 1. The van der Waals surface area contributed by atoms with Gasteiger partial charge in [0.25, 0.3) is 0 Å². The lowest BCUT2D eigenvalue weighted by Gasteiger charge is -2.14. The van der Waals surface area contributed by atoms with Crippen molar-refractivity contribution in [1.29, 1.82) is 0 Å². The zero-order valence-electron chi connectivity index (χ0n) is 9.71. The molecule has 96 valence electrons. The predicted molar refractivity (Wildman–Crippen MR) is 76.2 cm³/mol. The van der Waals surface area contributed by atoms with Crippen LogP contribution in [0.5, 0.6) is 0 Å². The van der Waals surface area contributed by atoms with Crippen molar-refractivity contribution in [3.8, 4) is 0 Å². The highest BCUT2D eigenvalue weighted by atomic mass is 35.5. The number of thiophene rings is 1. The van der Waals surface area contributed by atoms with Crippen molar-refractivity contribution >= 4 is 34.5 Å². The van der Waals surface area contributed by atoms with Gasteiger partial charge in [-0.3, -0.25) is 0 Å². The standard InChI is InChI=1S/C13H12Cl2FNS/c1-17-11(12-4-5-13(15)18-12)7-8-2-3-10(16)9(14)6-8/h2-6,11,17H,7H2,1H3. The van der Waals surface area contributed by atoms with E-state index in [2.05, 4.69) is 5.32 Å². The summed E-state index contributed by atoms with van der Waals surface area (Å²) >= 11 is 13.3. The summed E-state index contributed by atoms with van der Waals surface area (Å²) in [6.45, 7) is 0. The molecule has 1 nitrogen and oxygen atoms in total. The van der Waals surface area contributed by atoms with Crippen LogP contribution in [0.2, 0.25) is 9.36 Å². The van der Waals surface area contributed by atoms with E-state index in [1.165, 1.54) is 6.07 Å². The summed E-state index contributed by atoms with van der Waals surface area (Å²) in [7, 11) is 1.89. The summed E-state index contributed by atoms with van der Waals surface area (Å²) < 4.78 is 13.8. The molecule has 1 aromatic carbocycles. The minimum atomic E-state index is -0.388. The molecule has 2 rings (SSSR count). The van der Waals surface area contributed by atoms with E-state index in [4.69, 9.17) is 23.2 Å². The van der Waals surface area contributed by atoms with Crippen molar-refractivity contribution in [3.05, 3.63) is 55.9 Å². The monoisotopic (exact) mass is 303 g/mol. The zero-order chi connectivity index (χ0) is 13.1. The third kappa shape index (κ3) is 3.23. The maximum Gasteiger partial charge on any atom is 0.141 e. The van der Waals surface area contributed by atoms with Gasteiger partial charge < -0.3 is 5.32 Å². The Morgan fingerprint density at radius 2 is 2.06 bits per heavy atom. The van der Waals surface area contributed by atoms with E-state index in [1.807, 2.05) is 19.2 Å². The number of hydrogen-bond donors (Lipinski definition) is 1. The first-order valence-corrected chi connectivity index (χ1v) is 7.04. The lowest BCUT2D eigenvalue weighted by molar-refractivity contribution is 0.598. The summed E-state index contributed by atoms with van der Waals surface area (Å²) in [5.74, 6) is -0.388. The van der Waals surface area contributed by atoms with Crippen LogP contribution in [0.25, 0.3) is 0 Å². The Bertz CT molecular complexity index is 542. The van der Waals surface area contributed by atoms with Gasteiger partial charge in [-0.05, 0) is 43.3 Å². The first kappa shape index (κ1) is 13.8. The molecule has 1 N–H and O–H groups in total. The third-order valence-electron chi connectivity index (χ3n) is 2.71. The minimum absolute atomic E-state index is 0.157. The Hall–Kier alpha value is -0.610. The SMILES string of the molecule is CNC(Cc1ccc(F)c(Cl)c1)c1ccc(Cl)s1. The molecule has 5 heteroatoms. The van der Waals surface area contributed by atoms with E-state index in [-0.39, 0.29) is 16.9 Å². The molecule has 0 aliphatic rings. The van der Waals surface area contributed by atoms with Crippen molar-refractivity contribution < 1.29 is 4.39 Å². The molecule has 0 saturated carbocycles. The highest BCUT2D eigenvalue weighted by Gasteiger charge is 2.13. The van der Waals surface area contributed by atoms with Crippen molar-refractivity contribution in [2.24, 2.45) is 0 Å². The van der Waals surface area contributed by atoms with Crippen molar-refractivity contribution in [2.45, 2.75) is 12.5 Å². The smallest absolute Gasteiger partial charge is 0.141 e. The first-order chi connectivity index (χ1) is 8.60. The fourth-order valence-corrected chi connectivity index (χ4v) is 3.14. The molecule has 0 aliphatic carbocycles. The van der Waals surface area contributed by atoms with E-state index in [9.17, 15) is 4.39 Å². The van der Waals surface area contributed by atoms with E-state index < -0.39 is 0 Å². The van der Waals surface area contributed by atoms with Gasteiger partial charge in [0.2, 0.25) is 0 Å². The van der Waals surface area contributed by atoms with Crippen LogP contribution >= 0.6 is 34.5 Å². The van der Waals surface area contributed by atoms with Gasteiger partial charge in [0.15, 0.2) is 0 Å². The van der Waals surface area contributed by atoms with Crippen LogP contribution in [-0.2, 0) is 6.42 Å². The molecule has 0 amide bonds. The van der Waals surface area contributed by atoms with E-state index >= 15 is 0 Å². The van der Waals surface area contributed by atoms with Crippen LogP contribution < -0.4 is 5.32 Å². The second kappa shape index (κ2) is 6.02. The van der Waals surface area contributed by atoms with Gasteiger partial charge in [-0.2, -0.15) is 0 Å². The average molecular weight is 304 g/mol. The molecule has 0 bridgehead atoms. The summed E-state index contributed by atoms with van der Waals surface area (Å²) in [6.07, 6.45) is 0.743. The molecule has 1 unspecified atom stereocenters. The Morgan fingerprint density at radius 3 is 2.61 bits per heavy atom. The summed E-state index contributed by atoms with van der Waals surface area (Å²) in [6, 6.07) is 8.84. The Balaban J connectivity index is 2.17. The molecule has 0 saturated heterocycles. The van der Waals surface area contributed by atoms with Crippen LogP contribution in [0.3, 0.4) is 0 Å². The Morgan fingerprint density at radius 1 is 1.28 bits per heavy atom. The minimum Gasteiger partial charge on any atom is -0.312 e. The molecular weight excluding hydrogens is 292 g/mol. The van der Waals surface area contributed by atoms with Crippen molar-refractivity contribution in [1.82, 2.24) is 5.32 Å². The molecule has 0 fully saturated rings. The molecule has 1 heterocycles. The molecule has 0 aliphatic heterocycles. The number of benzene rings is 1. The second-order valence-corrected chi connectivity index (χ2v) is 6.09. The summed E-state index contributed by atoms with van der Waals surface area (Å²) in [4.78, 5) is 1.16. The maximum atomic E-state index is 13.1. The van der Waals surface area contributed by atoms with Crippen LogP contribution in [0, 0.1) is 5.82 Å². The maximum absolute atomic E-state index is 13.1. The summed E-state index contributed by atoms with van der Waals surface area (Å²) in [5, 5.41) is 3.39. The zero-order valence-corrected chi connectivity index (χ0v) is 12.0. The second-order valence-electron chi connectivity index (χ2n) is 3.94. The number of likely N-dealkylation sites (N-methyl/N-ethyl adjacent to an activating group) is 1. The van der Waals surface area contributed by atoms with Gasteiger partial charge in [0, 0.05) is 10.9 Å². The van der Waals surface area contributed by atoms with Crippen molar-refractivity contribution in [2.75, 3.05) is 7.05 Å². The van der Waals surface area contributed by atoms with Crippen LogP contribution in [0.15, 0.2) is 30.3 Å². The Kier molecular flexibility index (Phi) is 4.62. The quantitative estimate of drug-likeness (QED) is 0.863. The topological polar surface area (TPSA) is 12.0 Å². The third-order valence-corrected chi connectivity index (χ3v) is 4.34. The summed E-state index contributed by atoms with van der Waals surface area (Å²) in [5.41, 5.74) is 0.991. The molecule has 2 aromatic rings. The average Bonchev–Trinajstić information content (AvgIpc) is 2.77. The Labute approximate surface area is 120 Å². The normalized spacial score (nSPS) is 12.7. The molecule has 1 atom stereocenters. The predicted octanol–water partition coefficient (Wildman–Crippen LogP) is 4.70. The molecule has 1 aromatic heterocycles. The molecule has 0 radical (unpaired) electrons. The first-order valence-electron chi connectivity index (χ1n) is 5.46. The van der Waals surface area contributed by atoms with E-state index in [1.54, 1.807) is 23.5 Å². The molecule has 0 spiro atoms. The van der Waals surface area contributed by atoms with Crippen LogP contribution in [0.4, 0.5) is 4.39 Å². The largest absolute Gasteiger partial charge is 0.312 e. The number of hydrogen-bond acceptors (Lipinski definition) is 2. The van der Waals surface area contributed by atoms with Crippen LogP contribution in [0.1, 0.15) is 16.5 Å². The van der Waals surface area contributed by atoms with Gasteiger partial charge in [0.05, 0.1) is 9.36 Å². The van der Waals surface area contributed by atoms with Gasteiger partial charge in [-0.1, -0.05) is 29.3 Å². The van der Waals surface area contributed by atoms with Gasteiger partial charge in [-0.15, -0.1) is 11.3 Å². The lowest BCUT2D eigenvalue weighted by atomic mass is 10.0. The highest BCUT2D eigenvalue weighted by Crippen LogP contribution is 2.29. The van der Waals surface area contributed by atoms with Crippen LogP contribution in [-0.4, -0.2) is 7.05 Å². The molecular formula is C13H12Cl2FNS. The van der Waals surface area contributed by atoms with Crippen molar-refractivity contribution in [3.63, 3.8) is 0 Å². The van der Waals surface area contributed by atoms with E-state index in [0.29, 0.717) is 0 Å². The number of rotatable bonds is 4. The fourth-order valence-electron chi connectivity index (χ4n) is 1.76. The fraction of sp³-hybridized carbons (Fsp3) is 0.231. The highest BCUT2D eigenvalue weighted by molar-refractivity contribution is 7.16. The van der Waals surface area contributed by atoms with Gasteiger partial charge in [-0.25, -0.2) is 4.39 Å². The number of halogens is 3. The molecule has 18 heavy (non-hydrogen) atoms. The van der Waals surface area contributed by atoms with E-state index in [0.717, 1.165) is 21.2 Å². The lowest BCUT2D eigenvalue weighted by Crippen LogP contribution is -2.17. The van der Waals surface area contributed by atoms with Gasteiger partial charge in [0.1, 0.15) is 5.82 Å².